The number of piperidine rings is 1. The number of benzene rings is 1. The Kier molecular flexibility index (Phi) is 4.43. The minimum Gasteiger partial charge on any atom is -0.370 e. The van der Waals surface area contributed by atoms with Gasteiger partial charge in [-0.3, -0.25) is 4.79 Å². The minimum atomic E-state index is 0.0962. The number of anilines is 1. The third-order valence-corrected chi connectivity index (χ3v) is 4.03. The van der Waals surface area contributed by atoms with Gasteiger partial charge in [0.15, 0.2) is 0 Å². The molecule has 0 spiro atoms. The highest BCUT2D eigenvalue weighted by Crippen LogP contribution is 2.28. The van der Waals surface area contributed by atoms with Gasteiger partial charge in [0, 0.05) is 30.5 Å². The quantitative estimate of drug-likeness (QED) is 0.909. The van der Waals surface area contributed by atoms with Crippen molar-refractivity contribution in [1.29, 1.82) is 5.26 Å². The van der Waals surface area contributed by atoms with Crippen LogP contribution in [-0.2, 0) is 4.79 Å². The Labute approximate surface area is 121 Å². The summed E-state index contributed by atoms with van der Waals surface area (Å²) in [5, 5.41) is 11.9. The zero-order chi connectivity index (χ0) is 13.8. The van der Waals surface area contributed by atoms with E-state index in [1.165, 1.54) is 0 Å². The third-order valence-electron chi connectivity index (χ3n) is 3.53. The van der Waals surface area contributed by atoms with E-state index >= 15 is 0 Å². The molecule has 1 aliphatic rings. The Morgan fingerprint density at radius 2 is 2.16 bits per heavy atom. The van der Waals surface area contributed by atoms with E-state index in [1.54, 1.807) is 7.05 Å². The summed E-state index contributed by atoms with van der Waals surface area (Å²) in [6, 6.07) is 7.89. The van der Waals surface area contributed by atoms with Gasteiger partial charge in [-0.2, -0.15) is 5.26 Å². The number of rotatable bonds is 2. The summed E-state index contributed by atoms with van der Waals surface area (Å²) >= 11 is 3.44. The lowest BCUT2D eigenvalue weighted by Gasteiger charge is -2.33. The maximum absolute atomic E-state index is 11.6. The molecule has 1 aromatic rings. The Bertz CT molecular complexity index is 516. The zero-order valence-electron chi connectivity index (χ0n) is 10.8. The molecule has 1 amide bonds. The van der Waals surface area contributed by atoms with Gasteiger partial charge in [0.25, 0.3) is 0 Å². The van der Waals surface area contributed by atoms with Gasteiger partial charge in [0.2, 0.25) is 5.91 Å². The molecule has 1 aromatic carbocycles. The molecule has 2 rings (SSSR count). The molecule has 0 bridgehead atoms. The summed E-state index contributed by atoms with van der Waals surface area (Å²) in [5.74, 6) is 0.216. The van der Waals surface area contributed by atoms with Crippen molar-refractivity contribution in [3.8, 4) is 6.07 Å². The van der Waals surface area contributed by atoms with Crippen LogP contribution in [0.15, 0.2) is 22.7 Å². The van der Waals surface area contributed by atoms with Crippen LogP contribution in [0.3, 0.4) is 0 Å². The van der Waals surface area contributed by atoms with Crippen molar-refractivity contribution in [3.63, 3.8) is 0 Å². The normalized spacial score (nSPS) is 15.9. The monoisotopic (exact) mass is 321 g/mol. The van der Waals surface area contributed by atoms with Gasteiger partial charge >= 0.3 is 0 Å². The van der Waals surface area contributed by atoms with Gasteiger partial charge in [-0.15, -0.1) is 0 Å². The number of amides is 1. The average Bonchev–Trinajstić information content (AvgIpc) is 2.46. The molecule has 0 aliphatic carbocycles. The molecule has 1 aliphatic heterocycles. The van der Waals surface area contributed by atoms with Crippen LogP contribution in [0.5, 0.6) is 0 Å². The van der Waals surface area contributed by atoms with Gasteiger partial charge in [-0.25, -0.2) is 0 Å². The standard InChI is InChI=1S/C14H16BrN3O/c1-17-14(19)10-4-6-18(7-5-10)13-8-12(15)3-2-11(13)9-16/h2-3,8,10H,4-7H2,1H3,(H,17,19). The van der Waals surface area contributed by atoms with Crippen molar-refractivity contribution in [1.82, 2.24) is 5.32 Å². The average molecular weight is 322 g/mol. The molecule has 0 atom stereocenters. The second-order valence-electron chi connectivity index (χ2n) is 4.65. The summed E-state index contributed by atoms with van der Waals surface area (Å²) in [5.41, 5.74) is 1.63. The summed E-state index contributed by atoms with van der Waals surface area (Å²) < 4.78 is 0.968. The fourth-order valence-corrected chi connectivity index (χ4v) is 2.80. The van der Waals surface area contributed by atoms with Crippen molar-refractivity contribution >= 4 is 27.5 Å². The summed E-state index contributed by atoms with van der Waals surface area (Å²) in [4.78, 5) is 13.8. The molecule has 4 nitrogen and oxygen atoms in total. The first-order valence-corrected chi connectivity index (χ1v) is 7.11. The van der Waals surface area contributed by atoms with E-state index in [4.69, 9.17) is 5.26 Å². The van der Waals surface area contributed by atoms with E-state index in [1.807, 2.05) is 18.2 Å². The van der Waals surface area contributed by atoms with Crippen molar-refractivity contribution < 1.29 is 4.79 Å². The molecular weight excluding hydrogens is 306 g/mol. The van der Waals surface area contributed by atoms with E-state index in [9.17, 15) is 4.79 Å². The van der Waals surface area contributed by atoms with Crippen LogP contribution < -0.4 is 10.2 Å². The number of hydrogen-bond acceptors (Lipinski definition) is 3. The summed E-state index contributed by atoms with van der Waals surface area (Å²) in [6.07, 6.45) is 1.66. The number of nitrogens with one attached hydrogen (secondary N) is 1. The lowest BCUT2D eigenvalue weighted by atomic mass is 9.95. The first-order chi connectivity index (χ1) is 9.15. The summed E-state index contributed by atoms with van der Waals surface area (Å²) in [6.45, 7) is 1.62. The van der Waals surface area contributed by atoms with Crippen molar-refractivity contribution in [2.75, 3.05) is 25.0 Å². The van der Waals surface area contributed by atoms with Crippen LogP contribution in [-0.4, -0.2) is 26.0 Å². The number of carbonyl (C=O) groups excluding carboxylic acids is 1. The molecule has 5 heteroatoms. The molecule has 0 aromatic heterocycles. The lowest BCUT2D eigenvalue weighted by Crippen LogP contribution is -2.39. The van der Waals surface area contributed by atoms with Gasteiger partial charge in [-0.1, -0.05) is 15.9 Å². The number of hydrogen-bond donors (Lipinski definition) is 1. The van der Waals surface area contributed by atoms with E-state index < -0.39 is 0 Å². The van der Waals surface area contributed by atoms with Crippen LogP contribution >= 0.6 is 15.9 Å². The number of nitriles is 1. The van der Waals surface area contributed by atoms with Gasteiger partial charge in [-0.05, 0) is 31.0 Å². The van der Waals surface area contributed by atoms with E-state index in [2.05, 4.69) is 32.2 Å². The first-order valence-electron chi connectivity index (χ1n) is 6.32. The highest BCUT2D eigenvalue weighted by molar-refractivity contribution is 9.10. The SMILES string of the molecule is CNC(=O)C1CCN(c2cc(Br)ccc2C#N)CC1. The smallest absolute Gasteiger partial charge is 0.222 e. The van der Waals surface area contributed by atoms with E-state index in [0.29, 0.717) is 5.56 Å². The fourth-order valence-electron chi connectivity index (χ4n) is 2.45. The highest BCUT2D eigenvalue weighted by Gasteiger charge is 2.25. The van der Waals surface area contributed by atoms with Gasteiger partial charge < -0.3 is 10.2 Å². The maximum Gasteiger partial charge on any atom is 0.222 e. The van der Waals surface area contributed by atoms with Gasteiger partial charge in [0.05, 0.1) is 11.3 Å². The second kappa shape index (κ2) is 6.07. The Balaban J connectivity index is 2.12. The molecule has 0 unspecified atom stereocenters. The molecule has 19 heavy (non-hydrogen) atoms. The molecule has 0 radical (unpaired) electrons. The predicted molar refractivity (Wildman–Crippen MR) is 77.9 cm³/mol. The molecule has 100 valence electrons. The maximum atomic E-state index is 11.6. The third kappa shape index (κ3) is 3.07. The van der Waals surface area contributed by atoms with Crippen LogP contribution in [0.4, 0.5) is 5.69 Å². The molecule has 1 N–H and O–H groups in total. The molecule has 0 saturated carbocycles. The topological polar surface area (TPSA) is 56.1 Å². The van der Waals surface area contributed by atoms with Crippen molar-refractivity contribution in [2.24, 2.45) is 5.92 Å². The molecule has 1 fully saturated rings. The number of carbonyl (C=O) groups is 1. The highest BCUT2D eigenvalue weighted by atomic mass is 79.9. The van der Waals surface area contributed by atoms with Crippen molar-refractivity contribution in [3.05, 3.63) is 28.2 Å². The lowest BCUT2D eigenvalue weighted by molar-refractivity contribution is -0.125. The largest absolute Gasteiger partial charge is 0.370 e. The summed E-state index contributed by atoms with van der Waals surface area (Å²) in [7, 11) is 1.68. The first kappa shape index (κ1) is 13.9. The number of halogens is 1. The van der Waals surface area contributed by atoms with Gasteiger partial charge in [0.1, 0.15) is 6.07 Å². The fraction of sp³-hybridized carbons (Fsp3) is 0.429. The molecule has 1 heterocycles. The van der Waals surface area contributed by atoms with Crippen LogP contribution in [0, 0.1) is 17.2 Å². The van der Waals surface area contributed by atoms with Crippen LogP contribution in [0.2, 0.25) is 0 Å². The predicted octanol–water partition coefficient (Wildman–Crippen LogP) is 2.28. The van der Waals surface area contributed by atoms with Crippen LogP contribution in [0.25, 0.3) is 0 Å². The van der Waals surface area contributed by atoms with E-state index in [-0.39, 0.29) is 11.8 Å². The Morgan fingerprint density at radius 1 is 1.47 bits per heavy atom. The molecule has 1 saturated heterocycles. The molecular formula is C14H16BrN3O. The van der Waals surface area contributed by atoms with E-state index in [0.717, 1.165) is 36.1 Å². The number of nitrogens with zero attached hydrogens (tertiary/aromatic N) is 2. The zero-order valence-corrected chi connectivity index (χ0v) is 12.4. The minimum absolute atomic E-state index is 0.0962. The van der Waals surface area contributed by atoms with Crippen molar-refractivity contribution in [2.45, 2.75) is 12.8 Å². The second-order valence-corrected chi connectivity index (χ2v) is 5.56. The Morgan fingerprint density at radius 3 is 2.74 bits per heavy atom. The van der Waals surface area contributed by atoms with Crippen LogP contribution in [0.1, 0.15) is 18.4 Å². The Hall–Kier alpha value is -1.54.